The summed E-state index contributed by atoms with van der Waals surface area (Å²) >= 11 is 0. The van der Waals surface area contributed by atoms with Crippen molar-refractivity contribution in [2.75, 3.05) is 12.4 Å². The summed E-state index contributed by atoms with van der Waals surface area (Å²) in [7, 11) is 1.39. The molecule has 0 spiro atoms. The highest BCUT2D eigenvalue weighted by Gasteiger charge is 2.08. The first kappa shape index (κ1) is 13.1. The van der Waals surface area contributed by atoms with Crippen molar-refractivity contribution in [1.29, 1.82) is 0 Å². The average Bonchev–Trinajstić information content (AvgIpc) is 2.39. The van der Waals surface area contributed by atoms with Gasteiger partial charge in [0.05, 0.1) is 7.11 Å². The molecule has 0 aliphatic carbocycles. The van der Waals surface area contributed by atoms with E-state index in [2.05, 4.69) is 5.32 Å². The number of carbonyl (C=O) groups is 1. The molecule has 1 N–H and O–H groups in total. The fourth-order valence-corrected chi connectivity index (χ4v) is 1.73. The molecule has 0 saturated carbocycles. The number of aryl methyl sites for hydroxylation is 1. The van der Waals surface area contributed by atoms with Crippen LogP contribution >= 0.6 is 0 Å². The van der Waals surface area contributed by atoms with E-state index >= 15 is 0 Å². The van der Waals surface area contributed by atoms with E-state index in [1.165, 1.54) is 19.2 Å². The maximum atomic E-state index is 13.5. The highest BCUT2D eigenvalue weighted by molar-refractivity contribution is 6.04. The molecule has 0 aromatic heterocycles. The summed E-state index contributed by atoms with van der Waals surface area (Å²) in [6.07, 6.45) is 0. The Kier molecular flexibility index (Phi) is 3.80. The van der Waals surface area contributed by atoms with Crippen molar-refractivity contribution in [1.82, 2.24) is 0 Å². The zero-order chi connectivity index (χ0) is 13.8. The van der Waals surface area contributed by atoms with Crippen LogP contribution in [0.25, 0.3) is 0 Å². The predicted octanol–water partition coefficient (Wildman–Crippen LogP) is 3.40. The fourth-order valence-electron chi connectivity index (χ4n) is 1.73. The van der Waals surface area contributed by atoms with Crippen molar-refractivity contribution in [2.45, 2.75) is 6.92 Å². The molecule has 0 atom stereocenters. The highest BCUT2D eigenvalue weighted by atomic mass is 19.1. The van der Waals surface area contributed by atoms with Gasteiger partial charge in [0.1, 0.15) is 0 Å². The zero-order valence-corrected chi connectivity index (χ0v) is 10.7. The van der Waals surface area contributed by atoms with E-state index in [1.807, 2.05) is 13.0 Å². The van der Waals surface area contributed by atoms with Crippen LogP contribution in [0.5, 0.6) is 5.75 Å². The molecule has 1 amide bonds. The van der Waals surface area contributed by atoms with Gasteiger partial charge in [0.25, 0.3) is 5.91 Å². The van der Waals surface area contributed by atoms with Gasteiger partial charge >= 0.3 is 0 Å². The third kappa shape index (κ3) is 3.10. The van der Waals surface area contributed by atoms with Crippen LogP contribution in [0.15, 0.2) is 42.5 Å². The first-order valence-electron chi connectivity index (χ1n) is 5.81. The van der Waals surface area contributed by atoms with Crippen LogP contribution in [0.3, 0.4) is 0 Å². The molecule has 0 aliphatic heterocycles. The molecule has 2 aromatic carbocycles. The lowest BCUT2D eigenvalue weighted by Gasteiger charge is -2.07. The number of ether oxygens (including phenoxy) is 1. The van der Waals surface area contributed by atoms with Gasteiger partial charge in [-0.3, -0.25) is 4.79 Å². The van der Waals surface area contributed by atoms with E-state index in [9.17, 15) is 9.18 Å². The van der Waals surface area contributed by atoms with Crippen LogP contribution in [-0.2, 0) is 0 Å². The van der Waals surface area contributed by atoms with Crippen molar-refractivity contribution < 1.29 is 13.9 Å². The Morgan fingerprint density at radius 3 is 2.63 bits per heavy atom. The van der Waals surface area contributed by atoms with Crippen molar-refractivity contribution >= 4 is 11.6 Å². The summed E-state index contributed by atoms with van der Waals surface area (Å²) < 4.78 is 18.3. The Bertz CT molecular complexity index is 611. The second kappa shape index (κ2) is 5.52. The van der Waals surface area contributed by atoms with Gasteiger partial charge in [-0.15, -0.1) is 0 Å². The number of halogens is 1. The number of benzene rings is 2. The van der Waals surface area contributed by atoms with Gasteiger partial charge in [-0.2, -0.15) is 0 Å². The minimum absolute atomic E-state index is 0.147. The number of nitrogens with one attached hydrogen (secondary N) is 1. The van der Waals surface area contributed by atoms with Crippen molar-refractivity contribution in [2.24, 2.45) is 0 Å². The van der Waals surface area contributed by atoms with Crippen molar-refractivity contribution in [3.05, 3.63) is 59.4 Å². The smallest absolute Gasteiger partial charge is 0.255 e. The summed E-state index contributed by atoms with van der Waals surface area (Å²) in [6.45, 7) is 1.91. The molecule has 0 heterocycles. The van der Waals surface area contributed by atoms with Crippen LogP contribution in [0.1, 0.15) is 15.9 Å². The summed E-state index contributed by atoms with van der Waals surface area (Å²) in [4.78, 5) is 12.0. The first-order chi connectivity index (χ1) is 9.10. The summed E-state index contributed by atoms with van der Waals surface area (Å²) in [5.41, 5.74) is 1.93. The van der Waals surface area contributed by atoms with Crippen molar-refractivity contribution in [3.8, 4) is 5.75 Å². The highest BCUT2D eigenvalue weighted by Crippen LogP contribution is 2.21. The molecule has 2 rings (SSSR count). The molecule has 98 valence electrons. The number of hydrogen-bond acceptors (Lipinski definition) is 2. The van der Waals surface area contributed by atoms with Gasteiger partial charge < -0.3 is 10.1 Å². The zero-order valence-electron chi connectivity index (χ0n) is 10.7. The summed E-state index contributed by atoms with van der Waals surface area (Å²) in [6, 6.07) is 11.5. The fraction of sp³-hybridized carbons (Fsp3) is 0.133. The van der Waals surface area contributed by atoms with Gasteiger partial charge in [0.15, 0.2) is 11.6 Å². The quantitative estimate of drug-likeness (QED) is 0.917. The monoisotopic (exact) mass is 259 g/mol. The number of methoxy groups -OCH3 is 1. The maximum absolute atomic E-state index is 13.5. The number of amides is 1. The lowest BCUT2D eigenvalue weighted by atomic mass is 10.1. The molecule has 19 heavy (non-hydrogen) atoms. The normalized spacial score (nSPS) is 10.1. The van der Waals surface area contributed by atoms with E-state index < -0.39 is 5.82 Å². The van der Waals surface area contributed by atoms with Crippen LogP contribution in [-0.4, -0.2) is 13.0 Å². The predicted molar refractivity (Wildman–Crippen MR) is 72.1 cm³/mol. The largest absolute Gasteiger partial charge is 0.494 e. The van der Waals surface area contributed by atoms with E-state index in [1.54, 1.807) is 24.3 Å². The number of anilines is 1. The minimum atomic E-state index is -0.510. The van der Waals surface area contributed by atoms with E-state index in [0.29, 0.717) is 11.3 Å². The number of hydrogen-bond donors (Lipinski definition) is 1. The Morgan fingerprint density at radius 1 is 1.21 bits per heavy atom. The van der Waals surface area contributed by atoms with Gasteiger partial charge in [0.2, 0.25) is 0 Å². The van der Waals surface area contributed by atoms with E-state index in [0.717, 1.165) is 5.56 Å². The second-order valence-electron chi connectivity index (χ2n) is 4.17. The van der Waals surface area contributed by atoms with Gasteiger partial charge in [-0.1, -0.05) is 17.7 Å². The third-order valence-electron chi connectivity index (χ3n) is 2.69. The molecule has 2 aromatic rings. The molecule has 0 unspecified atom stereocenters. The SMILES string of the molecule is COc1ccc(NC(=O)c2cccc(C)c2)cc1F. The van der Waals surface area contributed by atoms with Crippen LogP contribution in [0.2, 0.25) is 0 Å². The summed E-state index contributed by atoms with van der Waals surface area (Å²) in [5, 5.41) is 2.64. The number of rotatable bonds is 3. The molecule has 0 saturated heterocycles. The molecule has 0 radical (unpaired) electrons. The van der Waals surface area contributed by atoms with Gasteiger partial charge in [-0.05, 0) is 31.2 Å². The summed E-state index contributed by atoms with van der Waals surface area (Å²) in [5.74, 6) is -0.633. The Balaban J connectivity index is 2.17. The average molecular weight is 259 g/mol. The molecular weight excluding hydrogens is 245 g/mol. The van der Waals surface area contributed by atoms with Crippen LogP contribution in [0.4, 0.5) is 10.1 Å². The number of carbonyl (C=O) groups excluding carboxylic acids is 1. The van der Waals surface area contributed by atoms with Crippen LogP contribution < -0.4 is 10.1 Å². The van der Waals surface area contributed by atoms with Crippen molar-refractivity contribution in [3.63, 3.8) is 0 Å². The second-order valence-corrected chi connectivity index (χ2v) is 4.17. The van der Waals surface area contributed by atoms with Crippen LogP contribution in [0, 0.1) is 12.7 Å². The van der Waals surface area contributed by atoms with Gasteiger partial charge in [0, 0.05) is 17.3 Å². The lowest BCUT2D eigenvalue weighted by molar-refractivity contribution is 0.102. The van der Waals surface area contributed by atoms with Gasteiger partial charge in [-0.25, -0.2) is 4.39 Å². The molecule has 0 fully saturated rings. The first-order valence-corrected chi connectivity index (χ1v) is 5.81. The Morgan fingerprint density at radius 2 is 2.00 bits per heavy atom. The molecule has 4 heteroatoms. The lowest BCUT2D eigenvalue weighted by Crippen LogP contribution is -2.12. The van der Waals surface area contributed by atoms with E-state index in [4.69, 9.17) is 4.74 Å². The molecule has 0 bridgehead atoms. The minimum Gasteiger partial charge on any atom is -0.494 e. The third-order valence-corrected chi connectivity index (χ3v) is 2.69. The Labute approximate surface area is 111 Å². The standard InChI is InChI=1S/C15H14FNO2/c1-10-4-3-5-11(8-10)15(18)17-12-6-7-14(19-2)13(16)9-12/h3-9H,1-2H3,(H,17,18). The molecule has 3 nitrogen and oxygen atoms in total. The maximum Gasteiger partial charge on any atom is 0.255 e. The topological polar surface area (TPSA) is 38.3 Å². The Hall–Kier alpha value is -2.36. The van der Waals surface area contributed by atoms with E-state index in [-0.39, 0.29) is 11.7 Å². The molecular formula is C15H14FNO2. The molecule has 0 aliphatic rings.